The van der Waals surface area contributed by atoms with Gasteiger partial charge in [0.25, 0.3) is 0 Å². The maximum absolute atomic E-state index is 11.5. The third kappa shape index (κ3) is 3.47. The molecule has 0 unspecified atom stereocenters. The van der Waals surface area contributed by atoms with Crippen molar-refractivity contribution in [3.05, 3.63) is 42.5 Å². The SMILES string of the molecule is CN(C)C(=O)CCCNc1cccc2ccccc12. The molecule has 0 atom stereocenters. The molecule has 0 fully saturated rings. The van der Waals surface area contributed by atoms with Crippen molar-refractivity contribution in [3.8, 4) is 0 Å². The minimum absolute atomic E-state index is 0.180. The molecule has 0 aliphatic carbocycles. The summed E-state index contributed by atoms with van der Waals surface area (Å²) in [5.74, 6) is 0.180. The number of benzene rings is 2. The maximum atomic E-state index is 11.5. The Morgan fingerprint density at radius 1 is 1.11 bits per heavy atom. The largest absolute Gasteiger partial charge is 0.385 e. The van der Waals surface area contributed by atoms with E-state index in [1.165, 1.54) is 10.8 Å². The Morgan fingerprint density at radius 2 is 1.84 bits per heavy atom. The van der Waals surface area contributed by atoms with Gasteiger partial charge in [0.15, 0.2) is 0 Å². The van der Waals surface area contributed by atoms with E-state index in [4.69, 9.17) is 0 Å². The minimum Gasteiger partial charge on any atom is -0.385 e. The molecule has 0 aromatic heterocycles. The quantitative estimate of drug-likeness (QED) is 0.834. The molecule has 2 rings (SSSR count). The molecule has 3 heteroatoms. The van der Waals surface area contributed by atoms with Crippen LogP contribution in [0.15, 0.2) is 42.5 Å². The molecular weight excluding hydrogens is 236 g/mol. The summed E-state index contributed by atoms with van der Waals surface area (Å²) in [5.41, 5.74) is 1.13. The van der Waals surface area contributed by atoms with Crippen LogP contribution in [0.1, 0.15) is 12.8 Å². The zero-order valence-corrected chi connectivity index (χ0v) is 11.5. The van der Waals surface area contributed by atoms with Crippen LogP contribution in [0.3, 0.4) is 0 Å². The first-order chi connectivity index (χ1) is 9.18. The van der Waals surface area contributed by atoms with Crippen LogP contribution in [0, 0.1) is 0 Å². The Balaban J connectivity index is 1.93. The van der Waals surface area contributed by atoms with Crippen LogP contribution < -0.4 is 5.32 Å². The van der Waals surface area contributed by atoms with E-state index in [0.29, 0.717) is 6.42 Å². The number of anilines is 1. The molecule has 100 valence electrons. The average Bonchev–Trinajstić information content (AvgIpc) is 2.43. The Morgan fingerprint density at radius 3 is 2.63 bits per heavy atom. The Hall–Kier alpha value is -2.03. The monoisotopic (exact) mass is 256 g/mol. The first-order valence-electron chi connectivity index (χ1n) is 6.60. The average molecular weight is 256 g/mol. The molecule has 0 saturated carbocycles. The lowest BCUT2D eigenvalue weighted by Crippen LogP contribution is -2.22. The topological polar surface area (TPSA) is 32.3 Å². The molecule has 0 radical (unpaired) electrons. The van der Waals surface area contributed by atoms with Gasteiger partial charge in [0.1, 0.15) is 0 Å². The fraction of sp³-hybridized carbons (Fsp3) is 0.312. The highest BCUT2D eigenvalue weighted by Gasteiger charge is 2.03. The van der Waals surface area contributed by atoms with Crippen LogP contribution in [-0.2, 0) is 4.79 Å². The predicted molar refractivity (Wildman–Crippen MR) is 80.4 cm³/mol. The zero-order valence-electron chi connectivity index (χ0n) is 11.5. The molecule has 0 spiro atoms. The van der Waals surface area contributed by atoms with E-state index in [1.807, 2.05) is 12.1 Å². The first kappa shape index (κ1) is 13.4. The van der Waals surface area contributed by atoms with Crippen molar-refractivity contribution < 1.29 is 4.79 Å². The van der Waals surface area contributed by atoms with Crippen LogP contribution >= 0.6 is 0 Å². The van der Waals surface area contributed by atoms with Gasteiger partial charge in [-0.15, -0.1) is 0 Å². The summed E-state index contributed by atoms with van der Waals surface area (Å²) in [6, 6.07) is 14.5. The number of carbonyl (C=O) groups is 1. The van der Waals surface area contributed by atoms with E-state index in [9.17, 15) is 4.79 Å². The number of carbonyl (C=O) groups excluding carboxylic acids is 1. The minimum atomic E-state index is 0.180. The Kier molecular flexibility index (Phi) is 4.39. The van der Waals surface area contributed by atoms with Gasteiger partial charge in [-0.05, 0) is 17.9 Å². The second-order valence-corrected chi connectivity index (χ2v) is 4.85. The smallest absolute Gasteiger partial charge is 0.222 e. The van der Waals surface area contributed by atoms with E-state index in [1.54, 1.807) is 19.0 Å². The number of nitrogens with zero attached hydrogens (tertiary/aromatic N) is 1. The molecule has 0 bridgehead atoms. The molecule has 3 nitrogen and oxygen atoms in total. The molecule has 0 saturated heterocycles. The molecule has 2 aromatic carbocycles. The van der Waals surface area contributed by atoms with Crippen LogP contribution in [0.2, 0.25) is 0 Å². The lowest BCUT2D eigenvalue weighted by atomic mass is 10.1. The lowest BCUT2D eigenvalue weighted by Gasteiger charge is -2.12. The fourth-order valence-corrected chi connectivity index (χ4v) is 2.07. The first-order valence-corrected chi connectivity index (χ1v) is 6.60. The Labute approximate surface area is 114 Å². The normalized spacial score (nSPS) is 10.4. The van der Waals surface area contributed by atoms with E-state index in [-0.39, 0.29) is 5.91 Å². The summed E-state index contributed by atoms with van der Waals surface area (Å²) in [7, 11) is 3.58. The van der Waals surface area contributed by atoms with Crippen molar-refractivity contribution in [1.82, 2.24) is 4.90 Å². The molecule has 0 heterocycles. The van der Waals surface area contributed by atoms with Gasteiger partial charge in [-0.1, -0.05) is 36.4 Å². The standard InChI is InChI=1S/C16H20N2O/c1-18(2)16(19)11-6-12-17-15-10-5-8-13-7-3-4-9-14(13)15/h3-5,7-10,17H,6,11-12H2,1-2H3. The van der Waals surface area contributed by atoms with Crippen LogP contribution in [0.25, 0.3) is 10.8 Å². The van der Waals surface area contributed by atoms with Crippen molar-refractivity contribution in [1.29, 1.82) is 0 Å². The van der Waals surface area contributed by atoms with Crippen molar-refractivity contribution in [2.24, 2.45) is 0 Å². The van der Waals surface area contributed by atoms with Gasteiger partial charge in [-0.2, -0.15) is 0 Å². The molecule has 0 aliphatic heterocycles. The zero-order chi connectivity index (χ0) is 13.7. The Bertz CT molecular complexity index is 558. The summed E-state index contributed by atoms with van der Waals surface area (Å²) in [5, 5.41) is 5.87. The van der Waals surface area contributed by atoms with Gasteiger partial charge in [0.05, 0.1) is 0 Å². The summed E-state index contributed by atoms with van der Waals surface area (Å²) >= 11 is 0. The molecule has 2 aromatic rings. The third-order valence-corrected chi connectivity index (χ3v) is 3.17. The molecule has 0 aliphatic rings. The predicted octanol–water partition coefficient (Wildman–Crippen LogP) is 3.12. The summed E-state index contributed by atoms with van der Waals surface area (Å²) in [4.78, 5) is 13.1. The highest BCUT2D eigenvalue weighted by molar-refractivity contribution is 5.93. The summed E-state index contributed by atoms with van der Waals surface area (Å²) in [6.07, 6.45) is 1.44. The summed E-state index contributed by atoms with van der Waals surface area (Å²) < 4.78 is 0. The van der Waals surface area contributed by atoms with Crippen molar-refractivity contribution in [2.45, 2.75) is 12.8 Å². The number of hydrogen-bond donors (Lipinski definition) is 1. The van der Waals surface area contributed by atoms with E-state index in [0.717, 1.165) is 18.7 Å². The van der Waals surface area contributed by atoms with E-state index in [2.05, 4.69) is 35.6 Å². The number of amides is 1. The molecule has 19 heavy (non-hydrogen) atoms. The van der Waals surface area contributed by atoms with Crippen LogP contribution in [0.5, 0.6) is 0 Å². The third-order valence-electron chi connectivity index (χ3n) is 3.17. The van der Waals surface area contributed by atoms with Gasteiger partial charge < -0.3 is 10.2 Å². The highest BCUT2D eigenvalue weighted by atomic mass is 16.2. The molecule has 1 amide bonds. The van der Waals surface area contributed by atoms with Gasteiger partial charge in [0.2, 0.25) is 5.91 Å². The van der Waals surface area contributed by atoms with Crippen LogP contribution in [-0.4, -0.2) is 31.4 Å². The number of rotatable bonds is 5. The van der Waals surface area contributed by atoms with E-state index < -0.39 is 0 Å². The number of nitrogens with one attached hydrogen (secondary N) is 1. The number of fused-ring (bicyclic) bond motifs is 1. The summed E-state index contributed by atoms with van der Waals surface area (Å²) in [6.45, 7) is 0.813. The van der Waals surface area contributed by atoms with Crippen LogP contribution in [0.4, 0.5) is 5.69 Å². The fourth-order valence-electron chi connectivity index (χ4n) is 2.07. The van der Waals surface area contributed by atoms with Gasteiger partial charge in [-0.3, -0.25) is 4.79 Å². The number of hydrogen-bond acceptors (Lipinski definition) is 2. The van der Waals surface area contributed by atoms with Crippen molar-refractivity contribution >= 4 is 22.4 Å². The second-order valence-electron chi connectivity index (χ2n) is 4.85. The molecular formula is C16H20N2O. The van der Waals surface area contributed by atoms with Crippen molar-refractivity contribution in [3.63, 3.8) is 0 Å². The highest BCUT2D eigenvalue weighted by Crippen LogP contribution is 2.22. The van der Waals surface area contributed by atoms with Gasteiger partial charge >= 0.3 is 0 Å². The lowest BCUT2D eigenvalue weighted by molar-refractivity contribution is -0.128. The van der Waals surface area contributed by atoms with Gasteiger partial charge in [0, 0.05) is 38.1 Å². The van der Waals surface area contributed by atoms with E-state index >= 15 is 0 Å². The van der Waals surface area contributed by atoms with Gasteiger partial charge in [-0.25, -0.2) is 0 Å². The van der Waals surface area contributed by atoms with Crippen molar-refractivity contribution in [2.75, 3.05) is 26.0 Å². The molecule has 1 N–H and O–H groups in total. The maximum Gasteiger partial charge on any atom is 0.222 e. The second kappa shape index (κ2) is 6.23.